The van der Waals surface area contributed by atoms with Crippen LogP contribution in [0.4, 0.5) is 4.39 Å². The lowest BCUT2D eigenvalue weighted by Crippen LogP contribution is -2.28. The number of pyridine rings is 1. The highest BCUT2D eigenvalue weighted by molar-refractivity contribution is 8.18. The molecule has 6 nitrogen and oxygen atoms in total. The zero-order valence-electron chi connectivity index (χ0n) is 15.1. The number of benzene rings is 1. The Bertz CT molecular complexity index is 1080. The van der Waals surface area contributed by atoms with Crippen molar-refractivity contribution in [1.82, 2.24) is 9.88 Å². The molecule has 4 rings (SSSR count). The molecule has 0 bridgehead atoms. The van der Waals surface area contributed by atoms with Gasteiger partial charge in [-0.3, -0.25) is 14.7 Å². The average molecular weight is 406 g/mol. The molecule has 8 heteroatoms. The van der Waals surface area contributed by atoms with Crippen LogP contribution in [0.5, 0.6) is 0 Å². The van der Waals surface area contributed by atoms with E-state index < -0.39 is 0 Å². The molecule has 3 aromatic rings. The minimum atomic E-state index is -0.330. The molecule has 3 heterocycles. The second-order valence-corrected chi connectivity index (χ2v) is 7.06. The Morgan fingerprint density at radius 1 is 1.14 bits per heavy atom. The van der Waals surface area contributed by atoms with Gasteiger partial charge < -0.3 is 4.42 Å². The molecule has 1 aromatic carbocycles. The molecule has 0 atom stereocenters. The second-order valence-electron chi connectivity index (χ2n) is 6.05. The predicted octanol–water partition coefficient (Wildman–Crippen LogP) is 4.32. The molecule has 144 valence electrons. The summed E-state index contributed by atoms with van der Waals surface area (Å²) in [5.41, 5.74) is 1.52. The van der Waals surface area contributed by atoms with E-state index in [9.17, 15) is 9.18 Å². The van der Waals surface area contributed by atoms with E-state index in [1.54, 1.807) is 61.3 Å². The van der Waals surface area contributed by atoms with Gasteiger partial charge in [0.15, 0.2) is 5.17 Å². The van der Waals surface area contributed by atoms with Crippen LogP contribution in [0.1, 0.15) is 16.9 Å². The number of carbonyl (C=O) groups is 1. The van der Waals surface area contributed by atoms with Gasteiger partial charge in [-0.15, -0.1) is 5.10 Å². The van der Waals surface area contributed by atoms with E-state index in [-0.39, 0.29) is 18.3 Å². The van der Waals surface area contributed by atoms with Crippen molar-refractivity contribution in [3.05, 3.63) is 94.8 Å². The van der Waals surface area contributed by atoms with Gasteiger partial charge in [-0.1, -0.05) is 18.2 Å². The number of aromatic nitrogens is 1. The van der Waals surface area contributed by atoms with Crippen molar-refractivity contribution < 1.29 is 13.6 Å². The number of amides is 1. The summed E-state index contributed by atoms with van der Waals surface area (Å²) in [5.74, 6) is 0.0842. The van der Waals surface area contributed by atoms with Crippen LogP contribution in [-0.2, 0) is 11.3 Å². The quantitative estimate of drug-likeness (QED) is 0.359. The van der Waals surface area contributed by atoms with Gasteiger partial charge in [-0.05, 0) is 53.7 Å². The topological polar surface area (TPSA) is 71.1 Å². The number of furan rings is 1. The first-order chi connectivity index (χ1) is 14.2. The summed E-state index contributed by atoms with van der Waals surface area (Å²) in [5, 5.41) is 8.74. The monoisotopic (exact) mass is 406 g/mol. The van der Waals surface area contributed by atoms with E-state index in [0.29, 0.717) is 15.8 Å². The number of hydrogen-bond donors (Lipinski definition) is 0. The molecule has 1 aliphatic rings. The summed E-state index contributed by atoms with van der Waals surface area (Å²) in [6.07, 6.45) is 8.16. The molecular weight excluding hydrogens is 391 g/mol. The fourth-order valence-electron chi connectivity index (χ4n) is 2.59. The standard InChI is InChI=1S/C21H15FN4O2S/c22-17-7-5-15(6-8-17)11-19-20(27)26(14-18-4-2-10-28-18)21(29-19)25-24-13-16-3-1-9-23-12-16/h1-13H,14H2/b19-11-,24-13+,25-21-. The molecule has 0 saturated carbocycles. The summed E-state index contributed by atoms with van der Waals surface area (Å²) in [7, 11) is 0. The highest BCUT2D eigenvalue weighted by Crippen LogP contribution is 2.33. The number of amidine groups is 1. The number of carbonyl (C=O) groups excluding carboxylic acids is 1. The summed E-state index contributed by atoms with van der Waals surface area (Å²) in [6.45, 7) is 0.237. The molecule has 1 amide bonds. The van der Waals surface area contributed by atoms with E-state index in [1.807, 2.05) is 6.07 Å². The van der Waals surface area contributed by atoms with Gasteiger partial charge in [0.1, 0.15) is 11.6 Å². The third-order valence-electron chi connectivity index (χ3n) is 3.98. The number of halogens is 1. The van der Waals surface area contributed by atoms with Crippen LogP contribution in [0.3, 0.4) is 0 Å². The van der Waals surface area contributed by atoms with Crippen LogP contribution in [-0.4, -0.2) is 27.2 Å². The van der Waals surface area contributed by atoms with E-state index in [1.165, 1.54) is 28.8 Å². The maximum atomic E-state index is 13.1. The molecule has 0 spiro atoms. The Labute approximate surface area is 170 Å². The lowest BCUT2D eigenvalue weighted by atomic mass is 10.2. The minimum absolute atomic E-state index is 0.217. The summed E-state index contributed by atoms with van der Waals surface area (Å²) in [6, 6.07) is 13.1. The highest BCUT2D eigenvalue weighted by atomic mass is 32.2. The Morgan fingerprint density at radius 2 is 2.00 bits per heavy atom. The Hall–Kier alpha value is -3.52. The molecule has 1 aliphatic heterocycles. The van der Waals surface area contributed by atoms with Crippen LogP contribution >= 0.6 is 11.8 Å². The predicted molar refractivity (Wildman–Crippen MR) is 110 cm³/mol. The first-order valence-electron chi connectivity index (χ1n) is 8.69. The number of rotatable bonds is 5. The van der Waals surface area contributed by atoms with Crippen LogP contribution in [0.15, 0.2) is 86.7 Å². The molecular formula is C21H15FN4O2S. The summed E-state index contributed by atoms with van der Waals surface area (Å²) >= 11 is 1.21. The van der Waals surface area contributed by atoms with E-state index in [4.69, 9.17) is 4.42 Å². The lowest BCUT2D eigenvalue weighted by molar-refractivity contribution is -0.122. The zero-order valence-corrected chi connectivity index (χ0v) is 15.9. The summed E-state index contributed by atoms with van der Waals surface area (Å²) < 4.78 is 18.5. The van der Waals surface area contributed by atoms with Gasteiger partial charge in [0.25, 0.3) is 5.91 Å². The van der Waals surface area contributed by atoms with E-state index >= 15 is 0 Å². The van der Waals surface area contributed by atoms with Gasteiger partial charge in [0.05, 0.1) is 23.9 Å². The number of thioether (sulfide) groups is 1. The van der Waals surface area contributed by atoms with Crippen molar-refractivity contribution in [2.45, 2.75) is 6.54 Å². The van der Waals surface area contributed by atoms with Crippen LogP contribution in [0.2, 0.25) is 0 Å². The van der Waals surface area contributed by atoms with Crippen LogP contribution < -0.4 is 0 Å². The molecule has 0 unspecified atom stereocenters. The van der Waals surface area contributed by atoms with Crippen molar-refractivity contribution in [3.63, 3.8) is 0 Å². The fraction of sp³-hybridized carbons (Fsp3) is 0.0476. The van der Waals surface area contributed by atoms with Crippen molar-refractivity contribution in [2.24, 2.45) is 10.2 Å². The Kier molecular flexibility index (Phi) is 5.62. The number of hydrogen-bond acceptors (Lipinski definition) is 6. The zero-order chi connectivity index (χ0) is 20.1. The van der Waals surface area contributed by atoms with Crippen molar-refractivity contribution >= 4 is 35.1 Å². The first-order valence-corrected chi connectivity index (χ1v) is 9.51. The normalized spacial score (nSPS) is 17.1. The summed E-state index contributed by atoms with van der Waals surface area (Å²) in [4.78, 5) is 18.9. The van der Waals surface area contributed by atoms with Crippen LogP contribution in [0.25, 0.3) is 6.08 Å². The largest absolute Gasteiger partial charge is 0.467 e. The van der Waals surface area contributed by atoms with Crippen LogP contribution in [0, 0.1) is 5.82 Å². The lowest BCUT2D eigenvalue weighted by Gasteiger charge is -2.12. The smallest absolute Gasteiger partial charge is 0.267 e. The molecule has 29 heavy (non-hydrogen) atoms. The third kappa shape index (κ3) is 4.67. The molecule has 0 N–H and O–H groups in total. The maximum absolute atomic E-state index is 13.1. The van der Waals surface area contributed by atoms with Gasteiger partial charge in [-0.2, -0.15) is 5.10 Å². The molecule has 1 saturated heterocycles. The van der Waals surface area contributed by atoms with Crippen molar-refractivity contribution in [1.29, 1.82) is 0 Å². The van der Waals surface area contributed by atoms with Gasteiger partial charge >= 0.3 is 0 Å². The maximum Gasteiger partial charge on any atom is 0.267 e. The third-order valence-corrected chi connectivity index (χ3v) is 4.98. The molecule has 1 fully saturated rings. The molecule has 2 aromatic heterocycles. The van der Waals surface area contributed by atoms with Gasteiger partial charge in [0.2, 0.25) is 0 Å². The minimum Gasteiger partial charge on any atom is -0.467 e. The van der Waals surface area contributed by atoms with Crippen molar-refractivity contribution in [2.75, 3.05) is 0 Å². The first kappa shape index (κ1) is 18.8. The van der Waals surface area contributed by atoms with Crippen molar-refractivity contribution in [3.8, 4) is 0 Å². The molecule has 0 aliphatic carbocycles. The fourth-order valence-corrected chi connectivity index (χ4v) is 3.52. The van der Waals surface area contributed by atoms with E-state index in [2.05, 4.69) is 15.2 Å². The Balaban J connectivity index is 1.61. The molecule has 0 radical (unpaired) electrons. The van der Waals surface area contributed by atoms with E-state index in [0.717, 1.165) is 11.1 Å². The van der Waals surface area contributed by atoms with Gasteiger partial charge in [0, 0.05) is 18.0 Å². The number of nitrogens with zero attached hydrogens (tertiary/aromatic N) is 4. The SMILES string of the molecule is O=C1/C(=C/c2ccc(F)cc2)S/C(=N\N=C\c2cccnc2)N1Cc1ccco1. The Morgan fingerprint density at radius 3 is 2.72 bits per heavy atom. The van der Waals surface area contributed by atoms with Gasteiger partial charge in [-0.25, -0.2) is 4.39 Å². The average Bonchev–Trinajstić information content (AvgIpc) is 3.35. The second kappa shape index (κ2) is 8.66. The highest BCUT2D eigenvalue weighted by Gasteiger charge is 2.34.